The average Bonchev–Trinajstić information content (AvgIpc) is 2.17. The largest absolute Gasteiger partial charge is 0.466 e. The standard InChI is InChI=1S/C12H21NO2.ClH/c1-4-15-11(14)8-5-7-6-9(10(8)13)12(7,2)3;/h7-10H,4-6,13H2,1-3H3;1H/t7-,8+,9-,10-;/m0./s1. The van der Waals surface area contributed by atoms with Crippen molar-refractivity contribution in [1.29, 1.82) is 0 Å². The number of rotatable bonds is 2. The summed E-state index contributed by atoms with van der Waals surface area (Å²) in [5, 5.41) is 0. The number of hydrogen-bond acceptors (Lipinski definition) is 3. The van der Waals surface area contributed by atoms with Gasteiger partial charge in [0.15, 0.2) is 0 Å². The van der Waals surface area contributed by atoms with Gasteiger partial charge in [0.25, 0.3) is 0 Å². The second kappa shape index (κ2) is 4.53. The van der Waals surface area contributed by atoms with Crippen LogP contribution < -0.4 is 5.73 Å². The van der Waals surface area contributed by atoms with E-state index in [1.165, 1.54) is 6.42 Å². The van der Waals surface area contributed by atoms with Gasteiger partial charge >= 0.3 is 5.97 Å². The molecule has 0 spiro atoms. The predicted molar refractivity (Wildman–Crippen MR) is 65.3 cm³/mol. The lowest BCUT2D eigenvalue weighted by Gasteiger charge is -2.61. The fourth-order valence-corrected chi connectivity index (χ4v) is 3.36. The third-order valence-corrected chi connectivity index (χ3v) is 4.60. The molecule has 0 aliphatic heterocycles. The molecule has 3 saturated carbocycles. The van der Waals surface area contributed by atoms with Crippen LogP contribution in [0.1, 0.15) is 33.6 Å². The summed E-state index contributed by atoms with van der Waals surface area (Å²) in [6, 6.07) is 0.00375. The Kier molecular flexibility index (Phi) is 3.91. The van der Waals surface area contributed by atoms with Gasteiger partial charge in [-0.25, -0.2) is 0 Å². The second-order valence-corrected chi connectivity index (χ2v) is 5.53. The molecule has 0 aromatic rings. The van der Waals surface area contributed by atoms with Gasteiger partial charge in [-0.3, -0.25) is 4.79 Å². The Morgan fingerprint density at radius 3 is 2.50 bits per heavy atom. The molecule has 0 aromatic heterocycles. The predicted octanol–water partition coefficient (Wildman–Crippen LogP) is 1.98. The fraction of sp³-hybridized carbons (Fsp3) is 0.917. The molecule has 0 unspecified atom stereocenters. The minimum absolute atomic E-state index is 0. The number of ether oxygens (including phenoxy) is 1. The average molecular weight is 248 g/mol. The van der Waals surface area contributed by atoms with Crippen molar-refractivity contribution in [3.8, 4) is 0 Å². The molecule has 4 atom stereocenters. The first-order valence-electron chi connectivity index (χ1n) is 5.90. The molecule has 3 aliphatic carbocycles. The number of carbonyl (C=O) groups is 1. The van der Waals surface area contributed by atoms with Gasteiger partial charge in [0.2, 0.25) is 0 Å². The lowest BCUT2D eigenvalue weighted by molar-refractivity contribution is -0.164. The number of hydrogen-bond donors (Lipinski definition) is 1. The highest BCUT2D eigenvalue weighted by Crippen LogP contribution is 2.60. The van der Waals surface area contributed by atoms with E-state index in [0.717, 1.165) is 6.42 Å². The third-order valence-electron chi connectivity index (χ3n) is 4.60. The van der Waals surface area contributed by atoms with Crippen LogP contribution in [0.25, 0.3) is 0 Å². The minimum atomic E-state index is -0.0878. The molecule has 0 aromatic carbocycles. The minimum Gasteiger partial charge on any atom is -0.466 e. The van der Waals surface area contributed by atoms with Crippen molar-refractivity contribution in [3.63, 3.8) is 0 Å². The van der Waals surface area contributed by atoms with Crippen molar-refractivity contribution in [1.82, 2.24) is 0 Å². The van der Waals surface area contributed by atoms with Crippen molar-refractivity contribution in [2.75, 3.05) is 6.61 Å². The van der Waals surface area contributed by atoms with E-state index in [0.29, 0.717) is 23.9 Å². The monoisotopic (exact) mass is 247 g/mol. The van der Waals surface area contributed by atoms with Crippen LogP contribution in [-0.2, 0) is 9.53 Å². The Hall–Kier alpha value is -0.280. The van der Waals surface area contributed by atoms with Crippen molar-refractivity contribution in [2.45, 2.75) is 39.7 Å². The van der Waals surface area contributed by atoms with E-state index in [2.05, 4.69) is 13.8 Å². The zero-order chi connectivity index (χ0) is 11.2. The molecule has 94 valence electrons. The highest BCUT2D eigenvalue weighted by molar-refractivity contribution is 5.85. The first-order valence-corrected chi connectivity index (χ1v) is 5.90. The van der Waals surface area contributed by atoms with Crippen LogP contribution in [0.15, 0.2) is 0 Å². The highest BCUT2D eigenvalue weighted by Gasteiger charge is 2.58. The Morgan fingerprint density at radius 1 is 1.44 bits per heavy atom. The van der Waals surface area contributed by atoms with Crippen LogP contribution in [0.2, 0.25) is 0 Å². The first kappa shape index (κ1) is 13.8. The van der Waals surface area contributed by atoms with Crippen LogP contribution in [0, 0.1) is 23.2 Å². The van der Waals surface area contributed by atoms with E-state index in [9.17, 15) is 4.79 Å². The number of esters is 1. The Balaban J connectivity index is 0.00000128. The maximum Gasteiger partial charge on any atom is 0.310 e. The van der Waals surface area contributed by atoms with Crippen molar-refractivity contribution < 1.29 is 9.53 Å². The summed E-state index contributed by atoms with van der Waals surface area (Å²) in [6.07, 6.45) is 2.12. The molecule has 0 amide bonds. The zero-order valence-electron chi connectivity index (χ0n) is 10.2. The summed E-state index contributed by atoms with van der Waals surface area (Å²) in [4.78, 5) is 11.7. The maximum atomic E-state index is 11.7. The van der Waals surface area contributed by atoms with Gasteiger partial charge in [0, 0.05) is 6.04 Å². The van der Waals surface area contributed by atoms with Gasteiger partial charge in [-0.2, -0.15) is 0 Å². The second-order valence-electron chi connectivity index (χ2n) is 5.53. The summed E-state index contributed by atoms with van der Waals surface area (Å²) < 4.78 is 5.07. The van der Waals surface area contributed by atoms with Crippen LogP contribution in [0.4, 0.5) is 0 Å². The smallest absolute Gasteiger partial charge is 0.310 e. The van der Waals surface area contributed by atoms with E-state index in [1.807, 2.05) is 6.92 Å². The molecule has 3 nitrogen and oxygen atoms in total. The molecular formula is C12H22ClNO2. The molecule has 0 radical (unpaired) electrons. The molecule has 4 heteroatoms. The Labute approximate surface area is 104 Å². The summed E-state index contributed by atoms with van der Waals surface area (Å²) >= 11 is 0. The normalized spacial score (nSPS) is 39.2. The van der Waals surface area contributed by atoms with Crippen molar-refractivity contribution in [3.05, 3.63) is 0 Å². The molecule has 2 N–H and O–H groups in total. The van der Waals surface area contributed by atoms with Crippen LogP contribution in [0.3, 0.4) is 0 Å². The van der Waals surface area contributed by atoms with Crippen molar-refractivity contribution in [2.24, 2.45) is 28.9 Å². The summed E-state index contributed by atoms with van der Waals surface area (Å²) in [5.41, 5.74) is 6.50. The Bertz CT molecular complexity index is 280. The molecule has 3 rings (SSSR count). The fourth-order valence-electron chi connectivity index (χ4n) is 3.36. The molecule has 16 heavy (non-hydrogen) atoms. The number of nitrogens with two attached hydrogens (primary N) is 1. The van der Waals surface area contributed by atoms with Crippen LogP contribution in [0.5, 0.6) is 0 Å². The lowest BCUT2D eigenvalue weighted by atomic mass is 9.45. The van der Waals surface area contributed by atoms with Crippen molar-refractivity contribution >= 4 is 18.4 Å². The SMILES string of the molecule is CCOC(=O)[C@@H]1C[C@H]2C[C@@H]([C@H]1N)C2(C)C.Cl. The van der Waals surface area contributed by atoms with Gasteiger partial charge in [0.05, 0.1) is 12.5 Å². The van der Waals surface area contributed by atoms with E-state index >= 15 is 0 Å². The number of carbonyl (C=O) groups excluding carboxylic acids is 1. The molecule has 0 heterocycles. The van der Waals surface area contributed by atoms with Crippen LogP contribution in [-0.4, -0.2) is 18.6 Å². The molecule has 3 fully saturated rings. The van der Waals surface area contributed by atoms with Crippen LogP contribution >= 0.6 is 12.4 Å². The quantitative estimate of drug-likeness (QED) is 0.760. The molecule has 2 bridgehead atoms. The topological polar surface area (TPSA) is 52.3 Å². The number of fused-ring (bicyclic) bond motifs is 2. The van der Waals surface area contributed by atoms with E-state index < -0.39 is 0 Å². The van der Waals surface area contributed by atoms with Gasteiger partial charge in [0.1, 0.15) is 0 Å². The zero-order valence-corrected chi connectivity index (χ0v) is 11.0. The molecule has 0 saturated heterocycles. The van der Waals surface area contributed by atoms with Gasteiger partial charge in [-0.15, -0.1) is 12.4 Å². The first-order chi connectivity index (χ1) is 6.98. The third kappa shape index (κ3) is 1.84. The van der Waals surface area contributed by atoms with Gasteiger partial charge in [-0.05, 0) is 37.0 Å². The van der Waals surface area contributed by atoms with E-state index in [-0.39, 0.29) is 30.3 Å². The Morgan fingerprint density at radius 2 is 2.06 bits per heavy atom. The lowest BCUT2D eigenvalue weighted by Crippen LogP contribution is -2.62. The highest BCUT2D eigenvalue weighted by atomic mass is 35.5. The maximum absolute atomic E-state index is 11.7. The van der Waals surface area contributed by atoms with E-state index in [4.69, 9.17) is 10.5 Å². The van der Waals surface area contributed by atoms with Gasteiger partial charge in [-0.1, -0.05) is 13.8 Å². The van der Waals surface area contributed by atoms with E-state index in [1.54, 1.807) is 0 Å². The van der Waals surface area contributed by atoms with Gasteiger partial charge < -0.3 is 10.5 Å². The number of halogens is 1. The summed E-state index contributed by atoms with van der Waals surface area (Å²) in [6.45, 7) is 6.85. The molecule has 3 aliphatic rings. The summed E-state index contributed by atoms with van der Waals surface area (Å²) in [7, 11) is 0. The summed E-state index contributed by atoms with van der Waals surface area (Å²) in [5.74, 6) is 1.03. The molecular weight excluding hydrogens is 226 g/mol.